The Balaban J connectivity index is 1.67. The predicted octanol–water partition coefficient (Wildman–Crippen LogP) is 5.89. The summed E-state index contributed by atoms with van der Waals surface area (Å²) in [5.41, 5.74) is 4.36. The lowest BCUT2D eigenvalue weighted by Crippen LogP contribution is -2.46. The van der Waals surface area contributed by atoms with Crippen LogP contribution >= 0.6 is 0 Å². The van der Waals surface area contributed by atoms with Crippen molar-refractivity contribution in [1.29, 1.82) is 0 Å². The molecule has 0 spiro atoms. The molecule has 1 atom stereocenters. The van der Waals surface area contributed by atoms with Crippen LogP contribution in [0.15, 0.2) is 89.1 Å². The molecule has 3 aromatic carbocycles. The quantitative estimate of drug-likeness (QED) is 0.430. The molecule has 2 amide bonds. The van der Waals surface area contributed by atoms with E-state index in [1.165, 1.54) is 12.1 Å². The zero-order chi connectivity index (χ0) is 22.9. The first-order chi connectivity index (χ1) is 16.0. The monoisotopic (exact) mass is 440 g/mol. The van der Waals surface area contributed by atoms with Crippen LogP contribution in [0.1, 0.15) is 30.0 Å². The maximum Gasteiger partial charge on any atom is 0.326 e. The molecule has 2 heterocycles. The third kappa shape index (κ3) is 3.89. The number of rotatable bonds is 4. The highest BCUT2D eigenvalue weighted by Crippen LogP contribution is 2.39. The normalized spacial score (nSPS) is 16.2. The van der Waals surface area contributed by atoms with Crippen molar-refractivity contribution in [3.8, 4) is 11.4 Å². The van der Waals surface area contributed by atoms with Crippen molar-refractivity contribution >= 4 is 17.3 Å². The van der Waals surface area contributed by atoms with Crippen molar-refractivity contribution in [1.82, 2.24) is 15.5 Å². The van der Waals surface area contributed by atoms with Gasteiger partial charge in [0.15, 0.2) is 0 Å². The predicted molar refractivity (Wildman–Crippen MR) is 124 cm³/mol. The molecule has 1 aromatic heterocycles. The molecule has 4 aromatic rings. The molecule has 1 aliphatic rings. The molecule has 0 radical (unpaired) electrons. The van der Waals surface area contributed by atoms with E-state index in [1.807, 2.05) is 68.4 Å². The number of carbonyl (C=O) groups is 1. The summed E-state index contributed by atoms with van der Waals surface area (Å²) in [6.45, 7) is 3.79. The fourth-order valence-corrected chi connectivity index (χ4v) is 4.07. The Morgan fingerprint density at radius 2 is 1.76 bits per heavy atom. The highest BCUT2D eigenvalue weighted by molar-refractivity contribution is 6.01. The van der Waals surface area contributed by atoms with Gasteiger partial charge in [0.1, 0.15) is 5.82 Å². The molecule has 7 heteroatoms. The summed E-state index contributed by atoms with van der Waals surface area (Å²) in [5, 5.41) is 7.14. The van der Waals surface area contributed by atoms with Gasteiger partial charge in [-0.25, -0.2) is 9.18 Å². The number of amides is 2. The summed E-state index contributed by atoms with van der Waals surface area (Å²) >= 11 is 0. The molecule has 0 fully saturated rings. The molecule has 6 nitrogen and oxygen atoms in total. The van der Waals surface area contributed by atoms with Crippen LogP contribution < -0.4 is 10.2 Å². The number of benzene rings is 3. The highest BCUT2D eigenvalue weighted by Gasteiger charge is 2.36. The van der Waals surface area contributed by atoms with Crippen LogP contribution in [0.2, 0.25) is 0 Å². The van der Waals surface area contributed by atoms with Crippen molar-refractivity contribution < 1.29 is 13.7 Å². The molecular weight excluding hydrogens is 419 g/mol. The SMILES string of the molecule is CC1=C(c2nc(-c3ccccc3)no2)C(c2cccc(F)c2)NC(=O)N1c1cccc(C)c1. The maximum atomic E-state index is 14.1. The van der Waals surface area contributed by atoms with Gasteiger partial charge in [-0.3, -0.25) is 4.90 Å². The van der Waals surface area contributed by atoms with Gasteiger partial charge in [0.05, 0.1) is 17.3 Å². The Hall–Kier alpha value is -4.26. The molecule has 1 aliphatic heterocycles. The summed E-state index contributed by atoms with van der Waals surface area (Å²) in [6.07, 6.45) is 0. The number of nitrogens with one attached hydrogen (secondary N) is 1. The average molecular weight is 440 g/mol. The van der Waals surface area contributed by atoms with Gasteiger partial charge in [0.2, 0.25) is 5.82 Å². The van der Waals surface area contributed by atoms with Gasteiger partial charge in [0.25, 0.3) is 5.89 Å². The lowest BCUT2D eigenvalue weighted by molar-refractivity contribution is 0.244. The third-order valence-electron chi connectivity index (χ3n) is 5.62. The van der Waals surface area contributed by atoms with Gasteiger partial charge in [-0.15, -0.1) is 0 Å². The summed E-state index contributed by atoms with van der Waals surface area (Å²) in [5.74, 6) is 0.302. The van der Waals surface area contributed by atoms with Crippen molar-refractivity contribution in [2.45, 2.75) is 19.9 Å². The Morgan fingerprint density at radius 3 is 2.52 bits per heavy atom. The van der Waals surface area contributed by atoms with Crippen LogP contribution in [-0.2, 0) is 0 Å². The van der Waals surface area contributed by atoms with E-state index in [9.17, 15) is 9.18 Å². The molecule has 0 saturated carbocycles. The Kier molecular flexibility index (Phi) is 5.22. The molecule has 0 bridgehead atoms. The number of hydrogen-bond donors (Lipinski definition) is 1. The van der Waals surface area contributed by atoms with Crippen LogP contribution in [0.3, 0.4) is 0 Å². The number of carbonyl (C=O) groups excluding carboxylic acids is 1. The Morgan fingerprint density at radius 1 is 0.970 bits per heavy atom. The first kappa shape index (κ1) is 20.6. The van der Waals surface area contributed by atoms with E-state index in [-0.39, 0.29) is 11.9 Å². The van der Waals surface area contributed by atoms with E-state index in [0.29, 0.717) is 28.3 Å². The number of aryl methyl sites for hydroxylation is 1. The van der Waals surface area contributed by atoms with E-state index in [0.717, 1.165) is 11.1 Å². The second-order valence-electron chi connectivity index (χ2n) is 7.90. The number of hydrogen-bond acceptors (Lipinski definition) is 4. The van der Waals surface area contributed by atoms with Crippen molar-refractivity contribution in [2.24, 2.45) is 0 Å². The second kappa shape index (κ2) is 8.35. The van der Waals surface area contributed by atoms with Crippen LogP contribution in [0.4, 0.5) is 14.9 Å². The molecular formula is C26H21FN4O2. The summed E-state index contributed by atoms with van der Waals surface area (Å²) in [7, 11) is 0. The second-order valence-corrected chi connectivity index (χ2v) is 7.90. The molecule has 1 N–H and O–H groups in total. The fourth-order valence-electron chi connectivity index (χ4n) is 4.07. The fraction of sp³-hybridized carbons (Fsp3) is 0.115. The molecule has 0 aliphatic carbocycles. The van der Waals surface area contributed by atoms with E-state index in [1.54, 1.807) is 17.0 Å². The molecule has 5 rings (SSSR count). The lowest BCUT2D eigenvalue weighted by Gasteiger charge is -2.35. The minimum absolute atomic E-state index is 0.262. The van der Waals surface area contributed by atoms with E-state index < -0.39 is 11.9 Å². The van der Waals surface area contributed by atoms with Crippen molar-refractivity contribution in [2.75, 3.05) is 4.90 Å². The number of halogens is 1. The number of nitrogens with zero attached hydrogens (tertiary/aromatic N) is 3. The van der Waals surface area contributed by atoms with Gasteiger partial charge >= 0.3 is 6.03 Å². The standard InChI is InChI=1S/C26H21FN4O2/c1-16-8-6-13-21(14-16)31-17(2)22(23(28-26(31)32)19-11-7-12-20(27)15-19)25-29-24(30-33-25)18-9-4-3-5-10-18/h3-15,23H,1-2H3,(H,28,32). The van der Waals surface area contributed by atoms with E-state index in [4.69, 9.17) is 4.52 Å². The molecule has 0 saturated heterocycles. The van der Waals surface area contributed by atoms with Crippen LogP contribution in [0.25, 0.3) is 17.0 Å². The zero-order valence-corrected chi connectivity index (χ0v) is 18.1. The lowest BCUT2D eigenvalue weighted by atomic mass is 9.94. The number of allylic oxidation sites excluding steroid dienone is 1. The minimum Gasteiger partial charge on any atom is -0.334 e. The minimum atomic E-state index is -0.654. The maximum absolute atomic E-state index is 14.1. The van der Waals surface area contributed by atoms with Gasteiger partial charge in [-0.2, -0.15) is 4.98 Å². The third-order valence-corrected chi connectivity index (χ3v) is 5.62. The summed E-state index contributed by atoms with van der Waals surface area (Å²) in [6, 6.07) is 22.3. The van der Waals surface area contributed by atoms with Crippen molar-refractivity contribution in [3.63, 3.8) is 0 Å². The Bertz CT molecular complexity index is 1360. The molecule has 1 unspecified atom stereocenters. The van der Waals surface area contributed by atoms with E-state index in [2.05, 4.69) is 15.5 Å². The zero-order valence-electron chi connectivity index (χ0n) is 18.1. The van der Waals surface area contributed by atoms with Crippen LogP contribution in [0, 0.1) is 12.7 Å². The van der Waals surface area contributed by atoms with Gasteiger partial charge in [0, 0.05) is 11.3 Å². The number of urea groups is 1. The van der Waals surface area contributed by atoms with Crippen LogP contribution in [-0.4, -0.2) is 16.2 Å². The van der Waals surface area contributed by atoms with Crippen molar-refractivity contribution in [3.05, 3.63) is 107 Å². The smallest absolute Gasteiger partial charge is 0.326 e. The molecule has 33 heavy (non-hydrogen) atoms. The highest BCUT2D eigenvalue weighted by atomic mass is 19.1. The summed E-state index contributed by atoms with van der Waals surface area (Å²) < 4.78 is 19.7. The number of aromatic nitrogens is 2. The summed E-state index contributed by atoms with van der Waals surface area (Å²) in [4.78, 5) is 19.4. The van der Waals surface area contributed by atoms with Gasteiger partial charge in [-0.05, 0) is 49.2 Å². The Labute approximate surface area is 190 Å². The van der Waals surface area contributed by atoms with E-state index >= 15 is 0 Å². The first-order valence-corrected chi connectivity index (χ1v) is 10.5. The first-order valence-electron chi connectivity index (χ1n) is 10.5. The average Bonchev–Trinajstić information content (AvgIpc) is 3.29. The molecule has 164 valence electrons. The topological polar surface area (TPSA) is 71.3 Å². The number of anilines is 1. The van der Waals surface area contributed by atoms with Gasteiger partial charge < -0.3 is 9.84 Å². The van der Waals surface area contributed by atoms with Crippen LogP contribution in [0.5, 0.6) is 0 Å². The van der Waals surface area contributed by atoms with Gasteiger partial charge in [-0.1, -0.05) is 59.8 Å². The largest absolute Gasteiger partial charge is 0.334 e.